The Morgan fingerprint density at radius 2 is 1.84 bits per heavy atom. The van der Waals surface area contributed by atoms with Crippen LogP contribution in [0.3, 0.4) is 0 Å². The maximum absolute atomic E-state index is 6.31. The second kappa shape index (κ2) is 6.76. The van der Waals surface area contributed by atoms with Gasteiger partial charge in [0, 0.05) is 14.5 Å². The maximum Gasteiger partial charge on any atom is 0.0602 e. The molecule has 0 aliphatic rings. The molecule has 0 heterocycles. The third-order valence-electron chi connectivity index (χ3n) is 2.90. The highest BCUT2D eigenvalue weighted by Crippen LogP contribution is 2.33. The number of hydrogen-bond acceptors (Lipinski definition) is 1. The van der Waals surface area contributed by atoms with Crippen molar-refractivity contribution in [3.63, 3.8) is 0 Å². The van der Waals surface area contributed by atoms with E-state index in [1.807, 2.05) is 42.5 Å². The third-order valence-corrected chi connectivity index (χ3v) is 4.16. The van der Waals surface area contributed by atoms with Crippen molar-refractivity contribution in [2.24, 2.45) is 0 Å². The van der Waals surface area contributed by atoms with Crippen molar-refractivity contribution in [3.8, 4) is 0 Å². The molecule has 100 valence electrons. The van der Waals surface area contributed by atoms with E-state index in [0.29, 0.717) is 5.02 Å². The van der Waals surface area contributed by atoms with Gasteiger partial charge in [0.2, 0.25) is 0 Å². The van der Waals surface area contributed by atoms with E-state index in [9.17, 15) is 0 Å². The Hall–Kier alpha value is -0.540. The molecule has 19 heavy (non-hydrogen) atoms. The smallest absolute Gasteiger partial charge is 0.0602 e. The SMILES string of the molecule is CCNC(c1ccccc1Cl)c1ccc(Cl)cc1Br. The zero-order valence-corrected chi connectivity index (χ0v) is 13.6. The summed E-state index contributed by atoms with van der Waals surface area (Å²) in [6, 6.07) is 13.7. The van der Waals surface area contributed by atoms with E-state index >= 15 is 0 Å². The van der Waals surface area contributed by atoms with Crippen LogP contribution in [0, 0.1) is 0 Å². The second-order valence-electron chi connectivity index (χ2n) is 4.18. The van der Waals surface area contributed by atoms with Crippen molar-refractivity contribution in [3.05, 3.63) is 68.1 Å². The molecular formula is C15H14BrCl2N. The summed E-state index contributed by atoms with van der Waals surface area (Å²) in [6.45, 7) is 2.93. The maximum atomic E-state index is 6.31. The minimum atomic E-state index is 0.0466. The first-order valence-corrected chi connectivity index (χ1v) is 7.61. The van der Waals surface area contributed by atoms with Crippen LogP contribution in [0.5, 0.6) is 0 Å². The molecule has 0 saturated heterocycles. The lowest BCUT2D eigenvalue weighted by molar-refractivity contribution is 0.629. The monoisotopic (exact) mass is 357 g/mol. The predicted molar refractivity (Wildman–Crippen MR) is 86.1 cm³/mol. The molecule has 0 aliphatic heterocycles. The second-order valence-corrected chi connectivity index (χ2v) is 5.88. The number of halogens is 3. The van der Waals surface area contributed by atoms with Gasteiger partial charge in [-0.15, -0.1) is 0 Å². The summed E-state index contributed by atoms with van der Waals surface area (Å²) in [4.78, 5) is 0. The first kappa shape index (κ1) is 14.9. The molecule has 2 aromatic rings. The number of rotatable bonds is 4. The lowest BCUT2D eigenvalue weighted by atomic mass is 9.98. The van der Waals surface area contributed by atoms with Crippen LogP contribution in [-0.4, -0.2) is 6.54 Å². The van der Waals surface area contributed by atoms with Crippen LogP contribution in [0.25, 0.3) is 0 Å². The molecule has 0 aromatic heterocycles. The van der Waals surface area contributed by atoms with Gasteiger partial charge in [-0.3, -0.25) is 0 Å². The predicted octanol–water partition coefficient (Wildman–Crippen LogP) is 5.45. The van der Waals surface area contributed by atoms with Gasteiger partial charge in [0.15, 0.2) is 0 Å². The molecule has 2 aromatic carbocycles. The van der Waals surface area contributed by atoms with Gasteiger partial charge in [0.25, 0.3) is 0 Å². The van der Waals surface area contributed by atoms with E-state index in [2.05, 4.69) is 28.2 Å². The van der Waals surface area contributed by atoms with Gasteiger partial charge < -0.3 is 5.32 Å². The Morgan fingerprint density at radius 1 is 1.11 bits per heavy atom. The molecule has 0 amide bonds. The van der Waals surface area contributed by atoms with Gasteiger partial charge in [-0.2, -0.15) is 0 Å². The Kier molecular flexibility index (Phi) is 5.28. The Bertz CT molecular complexity index is 572. The molecule has 2 rings (SSSR count). The first-order chi connectivity index (χ1) is 9.13. The molecule has 0 bridgehead atoms. The molecular weight excluding hydrogens is 345 g/mol. The lowest BCUT2D eigenvalue weighted by Gasteiger charge is -2.21. The average Bonchev–Trinajstić information content (AvgIpc) is 2.38. The van der Waals surface area contributed by atoms with Gasteiger partial charge >= 0.3 is 0 Å². The molecule has 0 saturated carbocycles. The zero-order valence-electron chi connectivity index (χ0n) is 10.5. The third kappa shape index (κ3) is 3.51. The van der Waals surface area contributed by atoms with E-state index in [0.717, 1.165) is 27.2 Å². The Balaban J connectivity index is 2.48. The Labute approximate surface area is 132 Å². The topological polar surface area (TPSA) is 12.0 Å². The molecule has 1 atom stereocenters. The van der Waals surface area contributed by atoms with Gasteiger partial charge in [0.05, 0.1) is 6.04 Å². The summed E-state index contributed by atoms with van der Waals surface area (Å²) >= 11 is 15.9. The molecule has 4 heteroatoms. The summed E-state index contributed by atoms with van der Waals surface area (Å²) in [5, 5.41) is 4.93. The number of benzene rings is 2. The fourth-order valence-electron chi connectivity index (χ4n) is 2.04. The minimum absolute atomic E-state index is 0.0466. The molecule has 0 spiro atoms. The van der Waals surface area contributed by atoms with Crippen molar-refractivity contribution in [1.29, 1.82) is 0 Å². The molecule has 1 N–H and O–H groups in total. The van der Waals surface area contributed by atoms with Crippen LogP contribution < -0.4 is 5.32 Å². The Morgan fingerprint density at radius 3 is 2.47 bits per heavy atom. The fraction of sp³-hybridized carbons (Fsp3) is 0.200. The number of nitrogens with one attached hydrogen (secondary N) is 1. The zero-order chi connectivity index (χ0) is 13.8. The summed E-state index contributed by atoms with van der Waals surface area (Å²) in [6.07, 6.45) is 0. The van der Waals surface area contributed by atoms with Crippen LogP contribution in [0.4, 0.5) is 0 Å². The van der Waals surface area contributed by atoms with Crippen LogP contribution in [0.15, 0.2) is 46.9 Å². The van der Waals surface area contributed by atoms with Gasteiger partial charge in [-0.1, -0.05) is 70.3 Å². The quantitative estimate of drug-likeness (QED) is 0.765. The number of hydrogen-bond donors (Lipinski definition) is 1. The molecule has 1 nitrogen and oxygen atoms in total. The first-order valence-electron chi connectivity index (χ1n) is 6.06. The lowest BCUT2D eigenvalue weighted by Crippen LogP contribution is -2.22. The van der Waals surface area contributed by atoms with Crippen LogP contribution >= 0.6 is 39.1 Å². The molecule has 0 radical (unpaired) electrons. The largest absolute Gasteiger partial charge is 0.306 e. The van der Waals surface area contributed by atoms with Crippen molar-refractivity contribution in [2.75, 3.05) is 6.54 Å². The highest BCUT2D eigenvalue weighted by Gasteiger charge is 2.18. The molecule has 0 aliphatic carbocycles. The normalized spacial score (nSPS) is 12.4. The average molecular weight is 359 g/mol. The van der Waals surface area contributed by atoms with Crippen molar-refractivity contribution in [2.45, 2.75) is 13.0 Å². The standard InChI is InChI=1S/C15H14BrCl2N/c1-2-19-15(12-5-3-4-6-14(12)18)11-8-7-10(17)9-13(11)16/h3-9,15,19H,2H2,1H3. The van der Waals surface area contributed by atoms with E-state index < -0.39 is 0 Å². The van der Waals surface area contributed by atoms with Crippen molar-refractivity contribution < 1.29 is 0 Å². The van der Waals surface area contributed by atoms with Crippen molar-refractivity contribution >= 4 is 39.1 Å². The van der Waals surface area contributed by atoms with Gasteiger partial charge in [-0.05, 0) is 35.9 Å². The van der Waals surface area contributed by atoms with Crippen molar-refractivity contribution in [1.82, 2.24) is 5.32 Å². The van der Waals surface area contributed by atoms with Crippen LogP contribution in [-0.2, 0) is 0 Å². The molecule has 0 fully saturated rings. The summed E-state index contributed by atoms with van der Waals surface area (Å²) in [5.41, 5.74) is 2.19. The highest BCUT2D eigenvalue weighted by molar-refractivity contribution is 9.10. The summed E-state index contributed by atoms with van der Waals surface area (Å²) in [7, 11) is 0. The van der Waals surface area contributed by atoms with Crippen LogP contribution in [0.2, 0.25) is 10.0 Å². The van der Waals surface area contributed by atoms with Crippen LogP contribution in [0.1, 0.15) is 24.1 Å². The van der Waals surface area contributed by atoms with E-state index in [1.54, 1.807) is 0 Å². The van der Waals surface area contributed by atoms with E-state index in [4.69, 9.17) is 23.2 Å². The molecule has 1 unspecified atom stereocenters. The van der Waals surface area contributed by atoms with Gasteiger partial charge in [-0.25, -0.2) is 0 Å². The van der Waals surface area contributed by atoms with Gasteiger partial charge in [0.1, 0.15) is 0 Å². The minimum Gasteiger partial charge on any atom is -0.306 e. The van der Waals surface area contributed by atoms with E-state index in [-0.39, 0.29) is 6.04 Å². The van der Waals surface area contributed by atoms with E-state index in [1.165, 1.54) is 0 Å². The summed E-state index contributed by atoms with van der Waals surface area (Å²) in [5.74, 6) is 0. The fourth-order valence-corrected chi connectivity index (χ4v) is 3.19. The highest BCUT2D eigenvalue weighted by atomic mass is 79.9. The summed E-state index contributed by atoms with van der Waals surface area (Å²) < 4.78 is 0.978.